The molecule has 0 spiro atoms. The molecule has 0 aliphatic heterocycles. The van der Waals surface area contributed by atoms with E-state index in [1.54, 1.807) is 31.2 Å². The van der Waals surface area contributed by atoms with E-state index in [4.69, 9.17) is 23.2 Å². The maximum Gasteiger partial charge on any atom is 0.248 e. The Morgan fingerprint density at radius 1 is 1.43 bits per heavy atom. The number of hydrogen-bond acceptors (Lipinski definition) is 1. The quantitative estimate of drug-likeness (QED) is 0.774. The van der Waals surface area contributed by atoms with Crippen LogP contribution in [-0.2, 0) is 4.79 Å². The zero-order valence-corrected chi connectivity index (χ0v) is 9.06. The van der Waals surface area contributed by atoms with Crippen LogP contribution in [0, 0.1) is 0 Å². The molecule has 0 bridgehead atoms. The molecule has 1 rings (SSSR count). The largest absolute Gasteiger partial charge is 0.321 e. The highest BCUT2D eigenvalue weighted by molar-refractivity contribution is 6.44. The van der Waals surface area contributed by atoms with E-state index in [1.165, 1.54) is 6.08 Å². The maximum absolute atomic E-state index is 11.2. The van der Waals surface area contributed by atoms with Crippen molar-refractivity contribution in [3.63, 3.8) is 0 Å². The first-order valence-electron chi connectivity index (χ1n) is 4.03. The van der Waals surface area contributed by atoms with Crippen LogP contribution in [0.3, 0.4) is 0 Å². The molecule has 0 saturated heterocycles. The van der Waals surface area contributed by atoms with Crippen molar-refractivity contribution in [2.75, 3.05) is 5.32 Å². The third kappa shape index (κ3) is 2.76. The Labute approximate surface area is 92.5 Å². The summed E-state index contributed by atoms with van der Waals surface area (Å²) in [6.45, 7) is 1.76. The first-order chi connectivity index (χ1) is 6.65. The molecule has 1 N–H and O–H groups in total. The summed E-state index contributed by atoms with van der Waals surface area (Å²) in [5.74, 6) is -0.225. The van der Waals surface area contributed by atoms with E-state index >= 15 is 0 Å². The molecule has 0 saturated carbocycles. The van der Waals surface area contributed by atoms with Gasteiger partial charge in [0.2, 0.25) is 5.91 Å². The molecule has 0 fully saturated rings. The van der Waals surface area contributed by atoms with Crippen molar-refractivity contribution >= 4 is 34.8 Å². The Kier molecular flexibility index (Phi) is 3.98. The summed E-state index contributed by atoms with van der Waals surface area (Å²) in [6, 6.07) is 5.07. The van der Waals surface area contributed by atoms with Crippen molar-refractivity contribution in [1.82, 2.24) is 0 Å². The highest BCUT2D eigenvalue weighted by atomic mass is 35.5. The summed E-state index contributed by atoms with van der Waals surface area (Å²) in [4.78, 5) is 11.2. The number of hydrogen-bond donors (Lipinski definition) is 1. The molecule has 0 aliphatic carbocycles. The molecule has 0 aliphatic rings. The molecule has 0 heterocycles. The van der Waals surface area contributed by atoms with Crippen LogP contribution in [0.25, 0.3) is 0 Å². The summed E-state index contributed by atoms with van der Waals surface area (Å²) in [5.41, 5.74) is 0.516. The van der Waals surface area contributed by atoms with Gasteiger partial charge in [-0.3, -0.25) is 4.79 Å². The maximum atomic E-state index is 11.2. The number of nitrogens with one attached hydrogen (secondary N) is 1. The second kappa shape index (κ2) is 5.03. The number of anilines is 1. The van der Waals surface area contributed by atoms with Gasteiger partial charge in [0.25, 0.3) is 0 Å². The van der Waals surface area contributed by atoms with E-state index in [2.05, 4.69) is 5.32 Å². The lowest BCUT2D eigenvalue weighted by molar-refractivity contribution is -0.111. The number of halogens is 2. The molecule has 1 aromatic carbocycles. The number of allylic oxidation sites excluding steroid dienone is 1. The van der Waals surface area contributed by atoms with Gasteiger partial charge in [-0.2, -0.15) is 0 Å². The van der Waals surface area contributed by atoms with Gasteiger partial charge < -0.3 is 5.32 Å². The Morgan fingerprint density at radius 3 is 2.79 bits per heavy atom. The van der Waals surface area contributed by atoms with Gasteiger partial charge in [-0.25, -0.2) is 0 Å². The predicted molar refractivity (Wildman–Crippen MR) is 59.9 cm³/mol. The molecule has 1 aromatic rings. The van der Waals surface area contributed by atoms with Gasteiger partial charge >= 0.3 is 0 Å². The molecule has 4 heteroatoms. The van der Waals surface area contributed by atoms with Crippen LogP contribution in [-0.4, -0.2) is 5.91 Å². The van der Waals surface area contributed by atoms with E-state index in [1.807, 2.05) is 0 Å². The summed E-state index contributed by atoms with van der Waals surface area (Å²) in [7, 11) is 0. The lowest BCUT2D eigenvalue weighted by Gasteiger charge is -2.05. The van der Waals surface area contributed by atoms with Crippen molar-refractivity contribution in [2.24, 2.45) is 0 Å². The smallest absolute Gasteiger partial charge is 0.248 e. The second-order valence-electron chi connectivity index (χ2n) is 2.59. The Balaban J connectivity index is 2.87. The number of benzene rings is 1. The van der Waals surface area contributed by atoms with Crippen molar-refractivity contribution in [1.29, 1.82) is 0 Å². The van der Waals surface area contributed by atoms with Crippen LogP contribution in [0.2, 0.25) is 10.0 Å². The van der Waals surface area contributed by atoms with E-state index in [9.17, 15) is 4.79 Å². The molecular formula is C10H9Cl2NO. The standard InChI is InChI=1S/C10H9Cl2NO/c1-2-4-9(14)13-8-6-3-5-7(11)10(8)12/h2-6H,1H3,(H,13,14)/b4-2+. The van der Waals surface area contributed by atoms with E-state index < -0.39 is 0 Å². The second-order valence-corrected chi connectivity index (χ2v) is 3.38. The zero-order chi connectivity index (χ0) is 10.6. The van der Waals surface area contributed by atoms with Gasteiger partial charge in [0, 0.05) is 0 Å². The Bertz CT molecular complexity index is 374. The SMILES string of the molecule is C/C=C/C(=O)Nc1cccc(Cl)c1Cl. The summed E-state index contributed by atoms with van der Waals surface area (Å²) in [5, 5.41) is 3.38. The number of amides is 1. The highest BCUT2D eigenvalue weighted by Gasteiger charge is 2.05. The first-order valence-corrected chi connectivity index (χ1v) is 4.78. The molecule has 2 nitrogen and oxygen atoms in total. The van der Waals surface area contributed by atoms with Crippen LogP contribution in [0.15, 0.2) is 30.4 Å². The lowest BCUT2D eigenvalue weighted by Crippen LogP contribution is -2.07. The first kappa shape index (κ1) is 11.1. The van der Waals surface area contributed by atoms with Crippen molar-refractivity contribution in [2.45, 2.75) is 6.92 Å². The number of rotatable bonds is 2. The number of carbonyl (C=O) groups excluding carboxylic acids is 1. The minimum absolute atomic E-state index is 0.225. The number of carbonyl (C=O) groups is 1. The molecule has 0 aromatic heterocycles. The Hall–Kier alpha value is -0.990. The van der Waals surface area contributed by atoms with E-state index in [-0.39, 0.29) is 5.91 Å². The third-order valence-corrected chi connectivity index (χ3v) is 2.35. The molecule has 74 valence electrons. The predicted octanol–water partition coefficient (Wildman–Crippen LogP) is 3.51. The van der Waals surface area contributed by atoms with Gasteiger partial charge in [0.05, 0.1) is 15.7 Å². The van der Waals surface area contributed by atoms with E-state index in [0.717, 1.165) is 0 Å². The van der Waals surface area contributed by atoms with Gasteiger partial charge in [-0.05, 0) is 25.1 Å². The fraction of sp³-hybridized carbons (Fsp3) is 0.100. The van der Waals surface area contributed by atoms with Crippen molar-refractivity contribution < 1.29 is 4.79 Å². The molecule has 0 radical (unpaired) electrons. The average molecular weight is 230 g/mol. The lowest BCUT2D eigenvalue weighted by atomic mass is 10.3. The van der Waals surface area contributed by atoms with Gasteiger partial charge in [0.1, 0.15) is 0 Å². The van der Waals surface area contributed by atoms with Crippen LogP contribution in [0.4, 0.5) is 5.69 Å². The highest BCUT2D eigenvalue weighted by Crippen LogP contribution is 2.29. The summed E-state index contributed by atoms with van der Waals surface area (Å²) >= 11 is 11.6. The van der Waals surface area contributed by atoms with Crippen LogP contribution < -0.4 is 5.32 Å². The van der Waals surface area contributed by atoms with Crippen molar-refractivity contribution in [3.05, 3.63) is 40.4 Å². The third-order valence-electron chi connectivity index (χ3n) is 1.53. The van der Waals surface area contributed by atoms with Gasteiger partial charge in [-0.15, -0.1) is 0 Å². The molecule has 14 heavy (non-hydrogen) atoms. The fourth-order valence-corrected chi connectivity index (χ4v) is 1.27. The molecule has 0 unspecified atom stereocenters. The van der Waals surface area contributed by atoms with Crippen molar-refractivity contribution in [3.8, 4) is 0 Å². The van der Waals surface area contributed by atoms with Gasteiger partial charge in [-0.1, -0.05) is 35.3 Å². The molecule has 0 atom stereocenters. The fourth-order valence-electron chi connectivity index (χ4n) is 0.926. The topological polar surface area (TPSA) is 29.1 Å². The van der Waals surface area contributed by atoms with Gasteiger partial charge in [0.15, 0.2) is 0 Å². The molecular weight excluding hydrogens is 221 g/mol. The normalized spacial score (nSPS) is 10.5. The monoisotopic (exact) mass is 229 g/mol. The minimum Gasteiger partial charge on any atom is -0.321 e. The summed E-state index contributed by atoms with van der Waals surface area (Å²) in [6.07, 6.45) is 3.06. The Morgan fingerprint density at radius 2 is 2.14 bits per heavy atom. The van der Waals surface area contributed by atoms with Crippen LogP contribution >= 0.6 is 23.2 Å². The van der Waals surface area contributed by atoms with E-state index in [0.29, 0.717) is 15.7 Å². The minimum atomic E-state index is -0.225. The zero-order valence-electron chi connectivity index (χ0n) is 7.55. The summed E-state index contributed by atoms with van der Waals surface area (Å²) < 4.78 is 0. The average Bonchev–Trinajstić information content (AvgIpc) is 2.13. The van der Waals surface area contributed by atoms with Crippen LogP contribution in [0.5, 0.6) is 0 Å². The molecule has 1 amide bonds. The van der Waals surface area contributed by atoms with Crippen LogP contribution in [0.1, 0.15) is 6.92 Å².